The first kappa shape index (κ1) is 21.3. The van der Waals surface area contributed by atoms with Crippen LogP contribution in [0.5, 0.6) is 5.75 Å². The maximum absolute atomic E-state index is 13.1. The van der Waals surface area contributed by atoms with Crippen LogP contribution in [-0.4, -0.2) is 38.0 Å². The SMILES string of the molecule is CN(C)CCN(C(=O)/C=C/c1ccccc1)c1ccccc1OCc1ccccc1. The minimum atomic E-state index is -0.0727. The fraction of sp³-hybridized carbons (Fsp3) is 0.192. The second-order valence-corrected chi connectivity index (χ2v) is 7.28. The largest absolute Gasteiger partial charge is 0.487 e. The van der Waals surface area contributed by atoms with Crippen molar-refractivity contribution in [2.45, 2.75) is 6.61 Å². The monoisotopic (exact) mass is 400 g/mol. The van der Waals surface area contributed by atoms with Crippen molar-refractivity contribution in [1.82, 2.24) is 4.90 Å². The van der Waals surface area contributed by atoms with Crippen molar-refractivity contribution in [2.75, 3.05) is 32.1 Å². The highest BCUT2D eigenvalue weighted by molar-refractivity contribution is 6.04. The van der Waals surface area contributed by atoms with E-state index in [1.54, 1.807) is 11.0 Å². The summed E-state index contributed by atoms with van der Waals surface area (Å²) in [6, 6.07) is 27.6. The molecule has 3 rings (SSSR count). The van der Waals surface area contributed by atoms with Crippen molar-refractivity contribution in [1.29, 1.82) is 0 Å². The van der Waals surface area contributed by atoms with Gasteiger partial charge in [-0.2, -0.15) is 0 Å². The van der Waals surface area contributed by atoms with Gasteiger partial charge in [0.2, 0.25) is 0 Å². The van der Waals surface area contributed by atoms with Gasteiger partial charge < -0.3 is 14.5 Å². The minimum absolute atomic E-state index is 0.0727. The number of para-hydroxylation sites is 2. The topological polar surface area (TPSA) is 32.8 Å². The third kappa shape index (κ3) is 6.33. The van der Waals surface area contributed by atoms with E-state index in [-0.39, 0.29) is 5.91 Å². The third-order valence-electron chi connectivity index (χ3n) is 4.65. The Balaban J connectivity index is 1.82. The lowest BCUT2D eigenvalue weighted by atomic mass is 10.2. The molecule has 0 unspecified atom stereocenters. The molecule has 4 nitrogen and oxygen atoms in total. The molecule has 0 aliphatic rings. The number of hydrogen-bond donors (Lipinski definition) is 0. The lowest BCUT2D eigenvalue weighted by Gasteiger charge is -2.25. The lowest BCUT2D eigenvalue weighted by Crippen LogP contribution is -2.36. The summed E-state index contributed by atoms with van der Waals surface area (Å²) in [5.41, 5.74) is 2.85. The summed E-state index contributed by atoms with van der Waals surface area (Å²) in [6.45, 7) is 1.77. The van der Waals surface area contributed by atoms with Crippen LogP contribution in [0, 0.1) is 0 Å². The first-order chi connectivity index (χ1) is 14.6. The summed E-state index contributed by atoms with van der Waals surface area (Å²) in [6.07, 6.45) is 3.47. The zero-order chi connectivity index (χ0) is 21.2. The van der Waals surface area contributed by atoms with Crippen LogP contribution in [0.1, 0.15) is 11.1 Å². The summed E-state index contributed by atoms with van der Waals surface area (Å²) in [4.78, 5) is 17.0. The molecule has 0 atom stereocenters. The highest BCUT2D eigenvalue weighted by Gasteiger charge is 2.18. The molecular weight excluding hydrogens is 372 g/mol. The molecule has 0 aliphatic carbocycles. The molecular formula is C26H28N2O2. The van der Waals surface area contributed by atoms with Gasteiger partial charge in [-0.15, -0.1) is 0 Å². The Hall–Kier alpha value is -3.37. The van der Waals surface area contributed by atoms with Crippen LogP contribution in [0.3, 0.4) is 0 Å². The summed E-state index contributed by atoms with van der Waals surface area (Å²) in [7, 11) is 4.00. The van der Waals surface area contributed by atoms with Crippen molar-refractivity contribution in [3.05, 3.63) is 102 Å². The van der Waals surface area contributed by atoms with Gasteiger partial charge in [-0.05, 0) is 43.4 Å². The molecule has 1 amide bonds. The van der Waals surface area contributed by atoms with E-state index in [9.17, 15) is 4.79 Å². The molecule has 0 heterocycles. The van der Waals surface area contributed by atoms with E-state index in [4.69, 9.17) is 4.74 Å². The fourth-order valence-corrected chi connectivity index (χ4v) is 3.01. The normalized spacial score (nSPS) is 11.0. The Bertz CT molecular complexity index is 953. The molecule has 30 heavy (non-hydrogen) atoms. The predicted octanol–water partition coefficient (Wildman–Crippen LogP) is 4.87. The van der Waals surface area contributed by atoms with Crippen LogP contribution in [0.2, 0.25) is 0 Å². The number of anilines is 1. The number of carbonyl (C=O) groups is 1. The molecule has 3 aromatic rings. The van der Waals surface area contributed by atoms with Crippen molar-refractivity contribution in [2.24, 2.45) is 0 Å². The Morgan fingerprint density at radius 3 is 2.17 bits per heavy atom. The quantitative estimate of drug-likeness (QED) is 0.480. The molecule has 154 valence electrons. The molecule has 0 saturated heterocycles. The van der Waals surface area contributed by atoms with Gasteiger partial charge in [-0.1, -0.05) is 72.8 Å². The molecule has 0 N–H and O–H groups in total. The minimum Gasteiger partial charge on any atom is -0.487 e. The lowest BCUT2D eigenvalue weighted by molar-refractivity contribution is -0.114. The Kier molecular flexibility index (Phi) is 7.81. The first-order valence-electron chi connectivity index (χ1n) is 10.1. The van der Waals surface area contributed by atoms with Gasteiger partial charge in [-0.25, -0.2) is 0 Å². The number of hydrogen-bond acceptors (Lipinski definition) is 3. The van der Waals surface area contributed by atoms with Gasteiger partial charge >= 0.3 is 0 Å². The molecule has 3 aromatic carbocycles. The average Bonchev–Trinajstić information content (AvgIpc) is 2.78. The number of rotatable bonds is 9. The van der Waals surface area contributed by atoms with Gasteiger partial charge in [0.1, 0.15) is 12.4 Å². The van der Waals surface area contributed by atoms with Crippen LogP contribution in [0.4, 0.5) is 5.69 Å². The highest BCUT2D eigenvalue weighted by atomic mass is 16.5. The van der Waals surface area contributed by atoms with Gasteiger partial charge in [-0.3, -0.25) is 4.79 Å². The van der Waals surface area contributed by atoms with Crippen LogP contribution < -0.4 is 9.64 Å². The van der Waals surface area contributed by atoms with E-state index in [0.717, 1.165) is 23.4 Å². The molecule has 0 aromatic heterocycles. The number of ether oxygens (including phenoxy) is 1. The highest BCUT2D eigenvalue weighted by Crippen LogP contribution is 2.29. The van der Waals surface area contributed by atoms with Crippen molar-refractivity contribution < 1.29 is 9.53 Å². The molecule has 0 aliphatic heterocycles. The zero-order valence-corrected chi connectivity index (χ0v) is 17.6. The predicted molar refractivity (Wildman–Crippen MR) is 124 cm³/mol. The Morgan fingerprint density at radius 2 is 1.47 bits per heavy atom. The van der Waals surface area contributed by atoms with Crippen LogP contribution >= 0.6 is 0 Å². The second-order valence-electron chi connectivity index (χ2n) is 7.28. The van der Waals surface area contributed by atoms with Crippen LogP contribution in [0.25, 0.3) is 6.08 Å². The van der Waals surface area contributed by atoms with E-state index >= 15 is 0 Å². The molecule has 4 heteroatoms. The van der Waals surface area contributed by atoms with E-state index in [1.807, 2.05) is 105 Å². The smallest absolute Gasteiger partial charge is 0.251 e. The fourth-order valence-electron chi connectivity index (χ4n) is 3.01. The second kappa shape index (κ2) is 11.0. The average molecular weight is 401 g/mol. The van der Waals surface area contributed by atoms with Gasteiger partial charge in [0.15, 0.2) is 0 Å². The van der Waals surface area contributed by atoms with Gasteiger partial charge in [0.25, 0.3) is 5.91 Å². The van der Waals surface area contributed by atoms with Gasteiger partial charge in [0.05, 0.1) is 5.69 Å². The Labute approximate surface area is 179 Å². The summed E-state index contributed by atoms with van der Waals surface area (Å²) >= 11 is 0. The summed E-state index contributed by atoms with van der Waals surface area (Å²) in [5.74, 6) is 0.623. The molecule has 0 bridgehead atoms. The van der Waals surface area contributed by atoms with Crippen LogP contribution in [-0.2, 0) is 11.4 Å². The van der Waals surface area contributed by atoms with Crippen molar-refractivity contribution in [3.8, 4) is 5.75 Å². The van der Waals surface area contributed by atoms with E-state index in [2.05, 4.69) is 4.90 Å². The van der Waals surface area contributed by atoms with Gasteiger partial charge in [0, 0.05) is 19.2 Å². The van der Waals surface area contributed by atoms with E-state index in [0.29, 0.717) is 18.9 Å². The number of amides is 1. The summed E-state index contributed by atoms with van der Waals surface area (Å²) in [5, 5.41) is 0. The summed E-state index contributed by atoms with van der Waals surface area (Å²) < 4.78 is 6.09. The van der Waals surface area contributed by atoms with Crippen molar-refractivity contribution in [3.63, 3.8) is 0 Å². The number of benzene rings is 3. The number of likely N-dealkylation sites (N-methyl/N-ethyl adjacent to an activating group) is 1. The van der Waals surface area contributed by atoms with Crippen molar-refractivity contribution >= 4 is 17.7 Å². The Morgan fingerprint density at radius 1 is 0.833 bits per heavy atom. The van der Waals surface area contributed by atoms with E-state index in [1.165, 1.54) is 0 Å². The first-order valence-corrected chi connectivity index (χ1v) is 10.1. The number of carbonyl (C=O) groups excluding carboxylic acids is 1. The zero-order valence-electron chi connectivity index (χ0n) is 17.6. The third-order valence-corrected chi connectivity index (χ3v) is 4.65. The molecule has 0 saturated carbocycles. The van der Waals surface area contributed by atoms with Crippen LogP contribution in [0.15, 0.2) is 91.0 Å². The maximum atomic E-state index is 13.1. The molecule has 0 fully saturated rings. The molecule has 0 spiro atoms. The standard InChI is InChI=1S/C26H28N2O2/c1-27(2)19-20-28(26(29)18-17-22-11-5-3-6-12-22)24-15-9-10-16-25(24)30-21-23-13-7-4-8-14-23/h3-18H,19-21H2,1-2H3/b18-17+. The molecule has 0 radical (unpaired) electrons. The maximum Gasteiger partial charge on any atom is 0.251 e. The van der Waals surface area contributed by atoms with E-state index < -0.39 is 0 Å². The number of nitrogens with zero attached hydrogens (tertiary/aromatic N) is 2.